The minimum absolute atomic E-state index is 0.0383. The van der Waals surface area contributed by atoms with E-state index in [-0.39, 0.29) is 18.1 Å². The van der Waals surface area contributed by atoms with Gasteiger partial charge in [-0.3, -0.25) is 9.59 Å². The van der Waals surface area contributed by atoms with Gasteiger partial charge in [0.15, 0.2) is 5.78 Å². The summed E-state index contributed by atoms with van der Waals surface area (Å²) in [6.45, 7) is 0. The topological polar surface area (TPSA) is 68.3 Å². The number of ketones is 1. The maximum Gasteiger partial charge on any atom is 0.224 e. The summed E-state index contributed by atoms with van der Waals surface area (Å²) in [6, 6.07) is 10.6. The summed E-state index contributed by atoms with van der Waals surface area (Å²) in [5.74, 6) is 0.389. The smallest absolute Gasteiger partial charge is 0.224 e. The molecule has 2 rings (SSSR count). The van der Waals surface area contributed by atoms with Crippen molar-refractivity contribution in [1.82, 2.24) is 4.98 Å². The molecule has 1 aromatic heterocycles. The van der Waals surface area contributed by atoms with Gasteiger partial charge < -0.3 is 10.1 Å². The highest BCUT2D eigenvalue weighted by atomic mass is 79.9. The number of carbonyl (C=O) groups excluding carboxylic acids is 2. The molecular weight excluding hydrogens is 360 g/mol. The highest BCUT2D eigenvalue weighted by molar-refractivity contribution is 9.10. The van der Waals surface area contributed by atoms with E-state index in [1.165, 1.54) is 13.3 Å². The molecule has 0 spiro atoms. The highest BCUT2D eigenvalue weighted by Crippen LogP contribution is 2.14. The number of methoxy groups -OCH3 is 1. The first-order chi connectivity index (χ1) is 11.1. The van der Waals surface area contributed by atoms with Crippen molar-refractivity contribution in [3.63, 3.8) is 0 Å². The number of aromatic nitrogens is 1. The lowest BCUT2D eigenvalue weighted by Gasteiger charge is -2.05. The van der Waals surface area contributed by atoms with Gasteiger partial charge in [0.25, 0.3) is 0 Å². The lowest BCUT2D eigenvalue weighted by atomic mass is 10.1. The van der Waals surface area contributed by atoms with Crippen LogP contribution in [0.15, 0.2) is 47.1 Å². The standard InChI is InChI=1S/C17H17BrN2O3/c1-23-17-10-9-14(11-19-17)20-16(22)4-2-3-15(21)12-5-7-13(18)8-6-12/h5-11H,2-4H2,1H3,(H,20,22). The van der Waals surface area contributed by atoms with Gasteiger partial charge in [-0.25, -0.2) is 4.98 Å². The van der Waals surface area contributed by atoms with Gasteiger partial charge >= 0.3 is 0 Å². The number of anilines is 1. The summed E-state index contributed by atoms with van der Waals surface area (Å²) in [5.41, 5.74) is 1.27. The molecule has 0 aliphatic carbocycles. The van der Waals surface area contributed by atoms with Gasteiger partial charge in [-0.05, 0) is 24.6 Å². The van der Waals surface area contributed by atoms with Crippen LogP contribution in [-0.2, 0) is 4.79 Å². The Morgan fingerprint density at radius 3 is 2.48 bits per heavy atom. The molecule has 0 saturated heterocycles. The second-order valence-electron chi connectivity index (χ2n) is 4.92. The first-order valence-electron chi connectivity index (χ1n) is 7.17. The van der Waals surface area contributed by atoms with Gasteiger partial charge in [-0.15, -0.1) is 0 Å². The predicted molar refractivity (Wildman–Crippen MR) is 91.7 cm³/mol. The number of halogens is 1. The van der Waals surface area contributed by atoms with Crippen molar-refractivity contribution in [2.75, 3.05) is 12.4 Å². The van der Waals surface area contributed by atoms with Crippen LogP contribution in [0.1, 0.15) is 29.6 Å². The third-order valence-electron chi connectivity index (χ3n) is 3.20. The molecule has 1 amide bonds. The lowest BCUT2D eigenvalue weighted by molar-refractivity contribution is -0.116. The average molecular weight is 377 g/mol. The van der Waals surface area contributed by atoms with Crippen LogP contribution < -0.4 is 10.1 Å². The molecule has 120 valence electrons. The molecule has 23 heavy (non-hydrogen) atoms. The summed E-state index contributed by atoms with van der Waals surface area (Å²) >= 11 is 3.33. The maximum atomic E-state index is 12.0. The van der Waals surface area contributed by atoms with E-state index in [1.807, 2.05) is 12.1 Å². The average Bonchev–Trinajstić information content (AvgIpc) is 2.56. The molecule has 1 N–H and O–H groups in total. The highest BCUT2D eigenvalue weighted by Gasteiger charge is 2.08. The largest absolute Gasteiger partial charge is 0.481 e. The number of amides is 1. The van der Waals surface area contributed by atoms with Crippen LogP contribution in [0, 0.1) is 0 Å². The number of benzene rings is 1. The molecule has 2 aromatic rings. The first-order valence-corrected chi connectivity index (χ1v) is 7.96. The Bertz CT molecular complexity index is 669. The number of carbonyl (C=O) groups is 2. The third-order valence-corrected chi connectivity index (χ3v) is 3.73. The van der Waals surface area contributed by atoms with Gasteiger partial charge in [0.2, 0.25) is 11.8 Å². The summed E-state index contributed by atoms with van der Waals surface area (Å²) in [5, 5.41) is 2.74. The summed E-state index contributed by atoms with van der Waals surface area (Å²) in [4.78, 5) is 27.8. The molecule has 0 aliphatic heterocycles. The predicted octanol–water partition coefficient (Wildman–Crippen LogP) is 3.84. The molecule has 1 heterocycles. The number of rotatable bonds is 7. The monoisotopic (exact) mass is 376 g/mol. The Hall–Kier alpha value is -2.21. The van der Waals surface area contributed by atoms with Crippen LogP contribution in [0.25, 0.3) is 0 Å². The van der Waals surface area contributed by atoms with E-state index >= 15 is 0 Å². The molecule has 0 bridgehead atoms. The van der Waals surface area contributed by atoms with Gasteiger partial charge in [-0.1, -0.05) is 28.1 Å². The second kappa shape index (κ2) is 8.43. The number of Topliss-reactive ketones (excluding diaryl/α,β-unsaturated/α-hetero) is 1. The van der Waals surface area contributed by atoms with E-state index in [9.17, 15) is 9.59 Å². The van der Waals surface area contributed by atoms with E-state index in [2.05, 4.69) is 26.2 Å². The molecular formula is C17H17BrN2O3. The Balaban J connectivity index is 1.75. The summed E-state index contributed by atoms with van der Waals surface area (Å²) in [6.07, 6.45) is 2.66. The van der Waals surface area contributed by atoms with Crippen molar-refractivity contribution >= 4 is 33.3 Å². The van der Waals surface area contributed by atoms with Crippen molar-refractivity contribution < 1.29 is 14.3 Å². The molecule has 0 atom stereocenters. The van der Waals surface area contributed by atoms with Gasteiger partial charge in [-0.2, -0.15) is 0 Å². The minimum atomic E-state index is -0.138. The Morgan fingerprint density at radius 1 is 1.13 bits per heavy atom. The number of nitrogens with zero attached hydrogens (tertiary/aromatic N) is 1. The number of hydrogen-bond acceptors (Lipinski definition) is 4. The molecule has 6 heteroatoms. The van der Waals surface area contributed by atoms with Crippen molar-refractivity contribution in [1.29, 1.82) is 0 Å². The van der Waals surface area contributed by atoms with Crippen LogP contribution in [0.3, 0.4) is 0 Å². The Morgan fingerprint density at radius 2 is 1.87 bits per heavy atom. The van der Waals surface area contributed by atoms with E-state index < -0.39 is 0 Å². The number of nitrogens with one attached hydrogen (secondary N) is 1. The fourth-order valence-electron chi connectivity index (χ4n) is 1.99. The van der Waals surface area contributed by atoms with E-state index in [0.29, 0.717) is 30.0 Å². The summed E-state index contributed by atoms with van der Waals surface area (Å²) < 4.78 is 5.88. The van der Waals surface area contributed by atoms with E-state index in [4.69, 9.17) is 4.74 Å². The SMILES string of the molecule is COc1ccc(NC(=O)CCCC(=O)c2ccc(Br)cc2)cn1. The zero-order chi connectivity index (χ0) is 16.7. The molecule has 0 saturated carbocycles. The minimum Gasteiger partial charge on any atom is -0.481 e. The van der Waals surface area contributed by atoms with E-state index in [1.54, 1.807) is 24.3 Å². The number of ether oxygens (including phenoxy) is 1. The summed E-state index contributed by atoms with van der Waals surface area (Å²) in [7, 11) is 1.53. The van der Waals surface area contributed by atoms with Crippen molar-refractivity contribution in [3.05, 3.63) is 52.6 Å². The molecule has 5 nitrogen and oxygen atoms in total. The van der Waals surface area contributed by atoms with Gasteiger partial charge in [0.05, 0.1) is 19.0 Å². The van der Waals surface area contributed by atoms with Crippen molar-refractivity contribution in [2.45, 2.75) is 19.3 Å². The van der Waals surface area contributed by atoms with Gasteiger partial charge in [0, 0.05) is 28.9 Å². The maximum absolute atomic E-state index is 12.0. The van der Waals surface area contributed by atoms with Crippen LogP contribution in [0.4, 0.5) is 5.69 Å². The third kappa shape index (κ3) is 5.49. The molecule has 0 radical (unpaired) electrons. The lowest BCUT2D eigenvalue weighted by Crippen LogP contribution is -2.12. The number of hydrogen-bond donors (Lipinski definition) is 1. The molecule has 0 fully saturated rings. The van der Waals surface area contributed by atoms with Crippen LogP contribution in [0.5, 0.6) is 5.88 Å². The van der Waals surface area contributed by atoms with Gasteiger partial charge in [0.1, 0.15) is 0 Å². The van der Waals surface area contributed by atoms with Crippen LogP contribution in [0.2, 0.25) is 0 Å². The Kier molecular flexibility index (Phi) is 6.29. The zero-order valence-corrected chi connectivity index (χ0v) is 14.3. The van der Waals surface area contributed by atoms with Crippen molar-refractivity contribution in [2.24, 2.45) is 0 Å². The van der Waals surface area contributed by atoms with Crippen LogP contribution in [-0.4, -0.2) is 23.8 Å². The van der Waals surface area contributed by atoms with E-state index in [0.717, 1.165) is 4.47 Å². The zero-order valence-electron chi connectivity index (χ0n) is 12.7. The molecule has 0 aliphatic rings. The Labute approximate surface area is 143 Å². The first kappa shape index (κ1) is 17.1. The fraction of sp³-hybridized carbons (Fsp3) is 0.235. The normalized spacial score (nSPS) is 10.2. The molecule has 0 unspecified atom stereocenters. The van der Waals surface area contributed by atoms with Crippen molar-refractivity contribution in [3.8, 4) is 5.88 Å². The molecule has 1 aromatic carbocycles. The number of pyridine rings is 1. The van der Waals surface area contributed by atoms with Crippen LogP contribution >= 0.6 is 15.9 Å². The fourth-order valence-corrected chi connectivity index (χ4v) is 2.25. The quantitative estimate of drug-likeness (QED) is 0.745. The second-order valence-corrected chi connectivity index (χ2v) is 5.84.